The number of unbranched alkanes of at least 4 members (excludes halogenated alkanes) is 1. The minimum absolute atomic E-state index is 0.0338. The molecule has 19 heavy (non-hydrogen) atoms. The number of nitrogens with zero attached hydrogens (tertiary/aromatic N) is 1. The van der Waals surface area contributed by atoms with Crippen LogP contribution in [-0.4, -0.2) is 36.8 Å². The van der Waals surface area contributed by atoms with Gasteiger partial charge in [-0.25, -0.2) is 5.43 Å². The van der Waals surface area contributed by atoms with Gasteiger partial charge in [-0.3, -0.25) is 9.59 Å². The van der Waals surface area contributed by atoms with Crippen molar-refractivity contribution in [2.24, 2.45) is 5.10 Å². The van der Waals surface area contributed by atoms with Crippen LogP contribution >= 0.6 is 0 Å². The zero-order valence-electron chi connectivity index (χ0n) is 11.7. The molecule has 0 aromatic carbocycles. The lowest BCUT2D eigenvalue weighted by Gasteiger charge is -2.09. The Bertz CT molecular complexity index is 336. The van der Waals surface area contributed by atoms with E-state index in [4.69, 9.17) is 4.74 Å². The molecule has 2 N–H and O–H groups in total. The number of amides is 2. The van der Waals surface area contributed by atoms with Crippen molar-refractivity contribution in [3.63, 3.8) is 0 Å². The highest BCUT2D eigenvalue weighted by Crippen LogP contribution is 2.10. The van der Waals surface area contributed by atoms with E-state index in [1.165, 1.54) is 0 Å². The molecule has 108 valence electrons. The topological polar surface area (TPSA) is 79.8 Å². The Hall–Kier alpha value is -1.43. The first-order chi connectivity index (χ1) is 9.13. The maximum atomic E-state index is 11.5. The molecule has 6 nitrogen and oxygen atoms in total. The van der Waals surface area contributed by atoms with E-state index < -0.39 is 11.8 Å². The van der Waals surface area contributed by atoms with Crippen LogP contribution in [0.25, 0.3) is 0 Å². The van der Waals surface area contributed by atoms with Gasteiger partial charge >= 0.3 is 11.8 Å². The first-order valence-corrected chi connectivity index (χ1v) is 6.86. The molecule has 0 radical (unpaired) electrons. The Labute approximate surface area is 114 Å². The van der Waals surface area contributed by atoms with E-state index in [1.807, 2.05) is 6.92 Å². The quantitative estimate of drug-likeness (QED) is 0.428. The predicted molar refractivity (Wildman–Crippen MR) is 72.8 cm³/mol. The van der Waals surface area contributed by atoms with Gasteiger partial charge in [-0.1, -0.05) is 13.3 Å². The minimum atomic E-state index is -0.728. The van der Waals surface area contributed by atoms with Crippen LogP contribution in [0.5, 0.6) is 0 Å². The monoisotopic (exact) mass is 269 g/mol. The molecular formula is C13H23N3O3. The van der Waals surface area contributed by atoms with E-state index in [9.17, 15) is 9.59 Å². The molecular weight excluding hydrogens is 246 g/mol. The van der Waals surface area contributed by atoms with Crippen LogP contribution in [0.4, 0.5) is 0 Å². The fourth-order valence-electron chi connectivity index (χ4n) is 1.78. The second-order valence-electron chi connectivity index (χ2n) is 4.74. The van der Waals surface area contributed by atoms with E-state index in [0.29, 0.717) is 6.54 Å². The highest BCUT2D eigenvalue weighted by molar-refractivity contribution is 6.35. The van der Waals surface area contributed by atoms with Gasteiger partial charge in [-0.05, 0) is 32.6 Å². The van der Waals surface area contributed by atoms with Crippen molar-refractivity contribution in [2.75, 3.05) is 13.2 Å². The summed E-state index contributed by atoms with van der Waals surface area (Å²) in [5.41, 5.74) is 3.08. The molecule has 1 saturated heterocycles. The number of hydrogen-bond donors (Lipinski definition) is 2. The molecule has 0 saturated carbocycles. The van der Waals surface area contributed by atoms with E-state index in [2.05, 4.69) is 22.8 Å². The zero-order chi connectivity index (χ0) is 14.1. The van der Waals surface area contributed by atoms with Crippen LogP contribution in [0.3, 0.4) is 0 Å². The maximum Gasteiger partial charge on any atom is 0.329 e. The highest BCUT2D eigenvalue weighted by atomic mass is 16.5. The molecule has 1 atom stereocenters. The Morgan fingerprint density at radius 2 is 2.16 bits per heavy atom. The van der Waals surface area contributed by atoms with Crippen LogP contribution in [0.15, 0.2) is 5.10 Å². The highest BCUT2D eigenvalue weighted by Gasteiger charge is 2.18. The number of carbonyl (C=O) groups is 2. The fraction of sp³-hybridized carbons (Fsp3) is 0.769. The molecule has 1 heterocycles. The lowest BCUT2D eigenvalue weighted by atomic mass is 10.2. The second kappa shape index (κ2) is 8.63. The predicted octanol–water partition coefficient (Wildman–Crippen LogP) is 0.964. The van der Waals surface area contributed by atoms with Gasteiger partial charge in [0.1, 0.15) is 0 Å². The van der Waals surface area contributed by atoms with Crippen LogP contribution < -0.4 is 10.7 Å². The summed E-state index contributed by atoms with van der Waals surface area (Å²) in [6.45, 7) is 5.03. The number of nitrogens with one attached hydrogen (secondary N) is 2. The van der Waals surface area contributed by atoms with Crippen LogP contribution in [-0.2, 0) is 14.3 Å². The molecule has 0 aromatic rings. The van der Waals surface area contributed by atoms with Crippen molar-refractivity contribution < 1.29 is 14.3 Å². The Balaban J connectivity index is 2.22. The van der Waals surface area contributed by atoms with E-state index >= 15 is 0 Å². The lowest BCUT2D eigenvalue weighted by molar-refractivity contribution is -0.139. The standard InChI is InChI=1S/C13H23N3O3/c1-3-4-6-10(2)15-16-13(18)12(17)14-9-11-7-5-8-19-11/h11H,3-9H2,1-2H3,(H,14,17)(H,16,18)/b15-10-/t11-/m0/s1. The third-order valence-electron chi connectivity index (χ3n) is 2.96. The number of hydrogen-bond acceptors (Lipinski definition) is 4. The van der Waals surface area contributed by atoms with Crippen molar-refractivity contribution in [1.82, 2.24) is 10.7 Å². The minimum Gasteiger partial charge on any atom is -0.376 e. The zero-order valence-corrected chi connectivity index (χ0v) is 11.7. The molecule has 0 aliphatic carbocycles. The smallest absolute Gasteiger partial charge is 0.329 e. The molecule has 6 heteroatoms. The fourth-order valence-corrected chi connectivity index (χ4v) is 1.78. The number of hydrazone groups is 1. The summed E-state index contributed by atoms with van der Waals surface area (Å²) >= 11 is 0. The lowest BCUT2D eigenvalue weighted by Crippen LogP contribution is -2.41. The number of rotatable bonds is 6. The molecule has 2 amide bonds. The summed E-state index contributed by atoms with van der Waals surface area (Å²) in [4.78, 5) is 22.9. The summed E-state index contributed by atoms with van der Waals surface area (Å²) in [6, 6.07) is 0. The van der Waals surface area contributed by atoms with Crippen molar-refractivity contribution in [2.45, 2.75) is 52.1 Å². The average Bonchev–Trinajstić information content (AvgIpc) is 2.92. The molecule has 0 bridgehead atoms. The molecule has 1 aliphatic rings. The summed E-state index contributed by atoms with van der Waals surface area (Å²) in [5, 5.41) is 6.43. The van der Waals surface area contributed by atoms with E-state index in [-0.39, 0.29) is 6.10 Å². The molecule has 0 aromatic heterocycles. The first-order valence-electron chi connectivity index (χ1n) is 6.86. The van der Waals surface area contributed by atoms with E-state index in [0.717, 1.165) is 44.4 Å². The molecule has 1 fully saturated rings. The summed E-state index contributed by atoms with van der Waals surface area (Å²) < 4.78 is 5.35. The average molecular weight is 269 g/mol. The molecule has 1 aliphatic heterocycles. The Morgan fingerprint density at radius 3 is 2.79 bits per heavy atom. The van der Waals surface area contributed by atoms with Gasteiger partial charge in [0.2, 0.25) is 0 Å². The molecule has 0 spiro atoms. The van der Waals surface area contributed by atoms with Crippen molar-refractivity contribution in [1.29, 1.82) is 0 Å². The molecule has 1 rings (SSSR count). The van der Waals surface area contributed by atoms with Gasteiger partial charge in [0, 0.05) is 18.9 Å². The van der Waals surface area contributed by atoms with Gasteiger partial charge < -0.3 is 10.1 Å². The van der Waals surface area contributed by atoms with Gasteiger partial charge in [0.05, 0.1) is 6.10 Å². The van der Waals surface area contributed by atoms with Gasteiger partial charge in [0.25, 0.3) is 0 Å². The number of carbonyl (C=O) groups excluding carboxylic acids is 2. The van der Waals surface area contributed by atoms with Crippen molar-refractivity contribution >= 4 is 17.5 Å². The normalized spacial score (nSPS) is 19.3. The van der Waals surface area contributed by atoms with Gasteiger partial charge in [0.15, 0.2) is 0 Å². The van der Waals surface area contributed by atoms with Crippen LogP contribution in [0.1, 0.15) is 46.0 Å². The third-order valence-corrected chi connectivity index (χ3v) is 2.96. The Morgan fingerprint density at radius 1 is 1.37 bits per heavy atom. The SMILES string of the molecule is CCCC/C(C)=N\NC(=O)C(=O)NC[C@@H]1CCCO1. The summed E-state index contributed by atoms with van der Waals surface area (Å²) in [7, 11) is 0. The maximum absolute atomic E-state index is 11.5. The van der Waals surface area contributed by atoms with Crippen molar-refractivity contribution in [3.05, 3.63) is 0 Å². The molecule has 0 unspecified atom stereocenters. The van der Waals surface area contributed by atoms with Crippen LogP contribution in [0, 0.1) is 0 Å². The van der Waals surface area contributed by atoms with Crippen LogP contribution in [0.2, 0.25) is 0 Å². The largest absolute Gasteiger partial charge is 0.376 e. The first kappa shape index (κ1) is 15.6. The summed E-state index contributed by atoms with van der Waals surface area (Å²) in [6.07, 6.45) is 4.89. The van der Waals surface area contributed by atoms with Gasteiger partial charge in [-0.15, -0.1) is 0 Å². The number of ether oxygens (including phenoxy) is 1. The second-order valence-corrected chi connectivity index (χ2v) is 4.74. The summed E-state index contributed by atoms with van der Waals surface area (Å²) in [5.74, 6) is -1.39. The van der Waals surface area contributed by atoms with E-state index in [1.54, 1.807) is 0 Å². The van der Waals surface area contributed by atoms with Gasteiger partial charge in [-0.2, -0.15) is 5.10 Å². The third kappa shape index (κ3) is 6.33. The van der Waals surface area contributed by atoms with Crippen molar-refractivity contribution in [3.8, 4) is 0 Å². The Kier molecular flexibility index (Phi) is 7.10.